The van der Waals surface area contributed by atoms with Crippen molar-refractivity contribution in [2.24, 2.45) is 0 Å². The van der Waals surface area contributed by atoms with E-state index in [1.807, 2.05) is 60.7 Å². The Kier molecular flexibility index (Phi) is 4.05. The highest BCUT2D eigenvalue weighted by molar-refractivity contribution is 5.42. The smallest absolute Gasteiger partial charge is 0.133 e. The summed E-state index contributed by atoms with van der Waals surface area (Å²) in [5, 5.41) is 11.7. The van der Waals surface area contributed by atoms with Crippen molar-refractivity contribution in [3.63, 3.8) is 0 Å². The number of rotatable bonds is 3. The molecule has 2 saturated heterocycles. The van der Waals surface area contributed by atoms with Crippen LogP contribution in [0.4, 0.5) is 0 Å². The first-order chi connectivity index (χ1) is 12.0. The summed E-state index contributed by atoms with van der Waals surface area (Å²) in [5.41, 5.74) is 2.26. The molecule has 2 heteroatoms. The molecule has 2 aromatic carbocycles. The Morgan fingerprint density at radius 1 is 0.840 bits per heavy atom. The van der Waals surface area contributed by atoms with Gasteiger partial charge >= 0.3 is 0 Å². The van der Waals surface area contributed by atoms with Crippen molar-refractivity contribution in [2.75, 3.05) is 14.1 Å². The number of benzene rings is 2. The summed E-state index contributed by atoms with van der Waals surface area (Å²) in [6.07, 6.45) is 6.98. The number of hydrogen-bond acceptors (Lipinski definition) is 1. The fourth-order valence-corrected chi connectivity index (χ4v) is 4.84. The lowest BCUT2D eigenvalue weighted by molar-refractivity contribution is -0.928. The Bertz CT molecular complexity index is 706. The van der Waals surface area contributed by atoms with E-state index in [0.717, 1.165) is 28.5 Å². The Balaban J connectivity index is 1.76. The average Bonchev–Trinajstić information content (AvgIpc) is 2.80. The largest absolute Gasteiger partial charge is 0.377 e. The zero-order chi connectivity index (χ0) is 17.5. The fourth-order valence-electron chi connectivity index (χ4n) is 4.84. The van der Waals surface area contributed by atoms with E-state index in [1.54, 1.807) is 0 Å². The summed E-state index contributed by atoms with van der Waals surface area (Å²) in [5.74, 6) is 0. The Hall–Kier alpha value is -1.90. The molecule has 2 atom stereocenters. The van der Waals surface area contributed by atoms with Crippen LogP contribution in [0.15, 0.2) is 72.3 Å². The average molecular weight is 334 g/mol. The van der Waals surface area contributed by atoms with Gasteiger partial charge < -0.3 is 9.59 Å². The third kappa shape index (κ3) is 2.84. The fraction of sp³-hybridized carbons (Fsp3) is 0.391. The van der Waals surface area contributed by atoms with Crippen molar-refractivity contribution in [3.8, 4) is 0 Å². The number of quaternary nitrogens is 1. The minimum Gasteiger partial charge on any atom is -0.377 e. The number of hydrogen-bond donors (Lipinski definition) is 1. The quantitative estimate of drug-likeness (QED) is 0.657. The van der Waals surface area contributed by atoms with Gasteiger partial charge in [-0.05, 0) is 17.2 Å². The van der Waals surface area contributed by atoms with Gasteiger partial charge in [-0.25, -0.2) is 0 Å². The molecule has 0 spiro atoms. The van der Waals surface area contributed by atoms with Crippen LogP contribution in [0.3, 0.4) is 0 Å². The maximum Gasteiger partial charge on any atom is 0.133 e. The zero-order valence-corrected chi connectivity index (χ0v) is 15.2. The lowest BCUT2D eigenvalue weighted by Gasteiger charge is -2.43. The van der Waals surface area contributed by atoms with Crippen molar-refractivity contribution < 1.29 is 9.59 Å². The van der Waals surface area contributed by atoms with Crippen molar-refractivity contribution in [1.29, 1.82) is 0 Å². The van der Waals surface area contributed by atoms with Crippen LogP contribution in [0.25, 0.3) is 0 Å². The molecule has 1 N–H and O–H groups in total. The molecule has 2 heterocycles. The second kappa shape index (κ2) is 6.12. The standard InChI is InChI=1S/C23H28NO/c1-24(2)21-13-14-22(24)16-18(15-21)17-23(25,19-9-5-3-6-10-19)20-11-7-4-8-12-20/h3-12,17,21-22,25H,13-16H2,1-2H3/q+1/b18-17-/t21-,22+/m1/s1. The normalized spacial score (nSPS) is 26.8. The van der Waals surface area contributed by atoms with Crippen LogP contribution in [-0.2, 0) is 5.60 Å². The van der Waals surface area contributed by atoms with Crippen LogP contribution in [0.1, 0.15) is 36.8 Å². The van der Waals surface area contributed by atoms with Gasteiger partial charge in [0.1, 0.15) is 5.60 Å². The SMILES string of the molecule is C[N+]1(C)[C@@H]2CC[C@H]1C/C(=C\C(O)(c1ccccc1)c1ccccc1)C2. The monoisotopic (exact) mass is 334 g/mol. The molecule has 25 heavy (non-hydrogen) atoms. The minimum absolute atomic E-state index is 0.695. The highest BCUT2D eigenvalue weighted by Gasteiger charge is 2.47. The van der Waals surface area contributed by atoms with E-state index in [1.165, 1.54) is 18.4 Å². The second-order valence-corrected chi connectivity index (χ2v) is 8.22. The van der Waals surface area contributed by atoms with E-state index in [2.05, 4.69) is 20.2 Å². The molecule has 2 bridgehead atoms. The summed E-state index contributed by atoms with van der Waals surface area (Å²) >= 11 is 0. The molecule has 0 radical (unpaired) electrons. The van der Waals surface area contributed by atoms with Crippen LogP contribution in [0, 0.1) is 0 Å². The Labute approximate surface area is 151 Å². The van der Waals surface area contributed by atoms with Gasteiger partial charge in [0.25, 0.3) is 0 Å². The highest BCUT2D eigenvalue weighted by atomic mass is 16.3. The van der Waals surface area contributed by atoms with Crippen LogP contribution in [-0.4, -0.2) is 35.8 Å². The predicted molar refractivity (Wildman–Crippen MR) is 102 cm³/mol. The molecule has 0 aliphatic carbocycles. The van der Waals surface area contributed by atoms with Gasteiger partial charge in [0.2, 0.25) is 0 Å². The van der Waals surface area contributed by atoms with Crippen molar-refractivity contribution in [1.82, 2.24) is 0 Å². The number of piperidine rings is 1. The number of fused-ring (bicyclic) bond motifs is 2. The summed E-state index contributed by atoms with van der Waals surface area (Å²) in [6.45, 7) is 0. The summed E-state index contributed by atoms with van der Waals surface area (Å²) < 4.78 is 1.15. The van der Waals surface area contributed by atoms with Crippen LogP contribution in [0.5, 0.6) is 0 Å². The topological polar surface area (TPSA) is 20.2 Å². The predicted octanol–water partition coefficient (Wildman–Crippen LogP) is 4.25. The second-order valence-electron chi connectivity index (χ2n) is 8.22. The van der Waals surface area contributed by atoms with E-state index < -0.39 is 5.60 Å². The van der Waals surface area contributed by atoms with Crippen LogP contribution >= 0.6 is 0 Å². The molecule has 0 aromatic heterocycles. The zero-order valence-electron chi connectivity index (χ0n) is 15.2. The Morgan fingerprint density at radius 3 is 1.72 bits per heavy atom. The molecule has 4 rings (SSSR count). The minimum atomic E-state index is -1.05. The first kappa shape index (κ1) is 16.6. The summed E-state index contributed by atoms with van der Waals surface area (Å²) in [4.78, 5) is 0. The van der Waals surface area contributed by atoms with Gasteiger partial charge in [-0.1, -0.05) is 66.2 Å². The molecule has 2 nitrogen and oxygen atoms in total. The third-order valence-electron chi connectivity index (χ3n) is 6.55. The van der Waals surface area contributed by atoms with E-state index in [0.29, 0.717) is 12.1 Å². The first-order valence-electron chi connectivity index (χ1n) is 9.37. The van der Waals surface area contributed by atoms with Gasteiger partial charge in [0, 0.05) is 25.7 Å². The number of nitrogens with zero attached hydrogens (tertiary/aromatic N) is 1. The van der Waals surface area contributed by atoms with Gasteiger partial charge in [-0.15, -0.1) is 0 Å². The van der Waals surface area contributed by atoms with Crippen molar-refractivity contribution in [3.05, 3.63) is 83.4 Å². The van der Waals surface area contributed by atoms with Crippen molar-refractivity contribution >= 4 is 0 Å². The van der Waals surface area contributed by atoms with E-state index in [-0.39, 0.29) is 0 Å². The third-order valence-corrected chi connectivity index (χ3v) is 6.55. The summed E-state index contributed by atoms with van der Waals surface area (Å²) in [7, 11) is 4.75. The van der Waals surface area contributed by atoms with Crippen LogP contribution in [0.2, 0.25) is 0 Å². The molecule has 130 valence electrons. The Morgan fingerprint density at radius 2 is 1.28 bits per heavy atom. The lowest BCUT2D eigenvalue weighted by atomic mass is 9.82. The van der Waals surface area contributed by atoms with Crippen LogP contribution < -0.4 is 0 Å². The molecule has 2 aliphatic rings. The lowest BCUT2D eigenvalue weighted by Crippen LogP contribution is -2.53. The molecule has 0 amide bonds. The van der Waals surface area contributed by atoms with E-state index in [4.69, 9.17) is 0 Å². The summed E-state index contributed by atoms with van der Waals surface area (Å²) in [6, 6.07) is 21.5. The van der Waals surface area contributed by atoms with E-state index >= 15 is 0 Å². The molecule has 2 fully saturated rings. The molecular weight excluding hydrogens is 306 g/mol. The number of aliphatic hydroxyl groups is 1. The molecule has 0 unspecified atom stereocenters. The van der Waals surface area contributed by atoms with Crippen molar-refractivity contribution in [2.45, 2.75) is 43.4 Å². The maximum atomic E-state index is 11.7. The van der Waals surface area contributed by atoms with E-state index in [9.17, 15) is 5.11 Å². The molecule has 0 saturated carbocycles. The molecular formula is C23H28NO+. The molecule has 2 aromatic rings. The first-order valence-corrected chi connectivity index (χ1v) is 9.37. The van der Waals surface area contributed by atoms with Gasteiger partial charge in [0.05, 0.1) is 26.2 Å². The van der Waals surface area contributed by atoms with Gasteiger partial charge in [0.15, 0.2) is 0 Å². The molecule has 2 aliphatic heterocycles. The van der Waals surface area contributed by atoms with Gasteiger partial charge in [-0.2, -0.15) is 0 Å². The highest BCUT2D eigenvalue weighted by Crippen LogP contribution is 2.44. The maximum absolute atomic E-state index is 11.7. The van der Waals surface area contributed by atoms with Gasteiger partial charge in [-0.3, -0.25) is 0 Å².